The van der Waals surface area contributed by atoms with Crippen LogP contribution in [0, 0.1) is 0 Å². The smallest absolute Gasteiger partial charge is 0.244 e. The van der Waals surface area contributed by atoms with Gasteiger partial charge in [-0.1, -0.05) is 66.2 Å². The molecule has 0 aliphatic heterocycles. The predicted molar refractivity (Wildman–Crippen MR) is 136 cm³/mol. The SMILES string of the molecule is CCNC(=O)[C@@H](C)N(Cc1ccccc1Cl)C(=O)CN(c1cccc2ccccc12)S(C)(=O)=O. The van der Waals surface area contributed by atoms with E-state index >= 15 is 0 Å². The minimum absolute atomic E-state index is 0.0595. The largest absolute Gasteiger partial charge is 0.355 e. The lowest BCUT2D eigenvalue weighted by Gasteiger charge is -2.32. The summed E-state index contributed by atoms with van der Waals surface area (Å²) in [6.07, 6.45) is 1.06. The average Bonchev–Trinajstić information content (AvgIpc) is 2.80. The molecule has 3 aromatic carbocycles. The van der Waals surface area contributed by atoms with Crippen molar-refractivity contribution in [1.29, 1.82) is 0 Å². The second kappa shape index (κ2) is 10.9. The molecule has 0 saturated carbocycles. The monoisotopic (exact) mass is 501 g/mol. The third-order valence-corrected chi connectivity index (χ3v) is 7.03. The lowest BCUT2D eigenvalue weighted by Crippen LogP contribution is -2.51. The number of amides is 2. The molecule has 0 heterocycles. The van der Waals surface area contributed by atoms with E-state index in [1.807, 2.05) is 30.3 Å². The summed E-state index contributed by atoms with van der Waals surface area (Å²) in [6.45, 7) is 3.41. The van der Waals surface area contributed by atoms with Crippen molar-refractivity contribution in [2.45, 2.75) is 26.4 Å². The molecule has 0 saturated heterocycles. The van der Waals surface area contributed by atoms with Gasteiger partial charge in [0.2, 0.25) is 21.8 Å². The van der Waals surface area contributed by atoms with E-state index in [0.29, 0.717) is 28.2 Å². The summed E-state index contributed by atoms with van der Waals surface area (Å²) >= 11 is 6.31. The van der Waals surface area contributed by atoms with Crippen molar-refractivity contribution >= 4 is 49.9 Å². The molecule has 0 unspecified atom stereocenters. The number of carbonyl (C=O) groups is 2. The molecular weight excluding hydrogens is 474 g/mol. The molecule has 34 heavy (non-hydrogen) atoms. The molecule has 0 aliphatic carbocycles. The van der Waals surface area contributed by atoms with E-state index in [9.17, 15) is 18.0 Å². The standard InChI is InChI=1S/C25H28ClN3O4S/c1-4-27-25(31)18(2)28(16-20-11-6-8-14-22(20)26)24(30)17-29(34(3,32)33)23-15-9-12-19-10-5-7-13-21(19)23/h5-15,18H,4,16-17H2,1-3H3,(H,27,31)/t18-/m1/s1. The zero-order valence-corrected chi connectivity index (χ0v) is 20.9. The van der Waals surface area contributed by atoms with E-state index in [-0.39, 0.29) is 12.5 Å². The van der Waals surface area contributed by atoms with Crippen LogP contribution in [0.25, 0.3) is 10.8 Å². The minimum Gasteiger partial charge on any atom is -0.355 e. The van der Waals surface area contributed by atoms with Crippen LogP contribution in [0.5, 0.6) is 0 Å². The number of nitrogens with zero attached hydrogens (tertiary/aromatic N) is 2. The molecule has 0 spiro atoms. The van der Waals surface area contributed by atoms with Crippen LogP contribution < -0.4 is 9.62 Å². The first-order valence-electron chi connectivity index (χ1n) is 10.9. The molecule has 0 fully saturated rings. The van der Waals surface area contributed by atoms with Crippen LogP contribution in [-0.4, -0.2) is 50.5 Å². The molecule has 0 radical (unpaired) electrons. The maximum absolute atomic E-state index is 13.6. The van der Waals surface area contributed by atoms with Gasteiger partial charge in [0.1, 0.15) is 12.6 Å². The molecule has 0 bridgehead atoms. The Morgan fingerprint density at radius 2 is 1.65 bits per heavy atom. The molecule has 3 rings (SSSR count). The second-order valence-corrected chi connectivity index (χ2v) is 10.3. The van der Waals surface area contributed by atoms with Gasteiger partial charge in [-0.15, -0.1) is 0 Å². The first kappa shape index (κ1) is 25.5. The number of halogens is 1. The van der Waals surface area contributed by atoms with Crippen molar-refractivity contribution in [2.24, 2.45) is 0 Å². The van der Waals surface area contributed by atoms with Crippen molar-refractivity contribution in [2.75, 3.05) is 23.7 Å². The molecule has 0 aliphatic rings. The Bertz CT molecular complexity index is 1290. The summed E-state index contributed by atoms with van der Waals surface area (Å²) < 4.78 is 26.7. The van der Waals surface area contributed by atoms with E-state index in [1.165, 1.54) is 4.90 Å². The van der Waals surface area contributed by atoms with E-state index in [2.05, 4.69) is 5.32 Å². The molecule has 7 nitrogen and oxygen atoms in total. The van der Waals surface area contributed by atoms with Crippen molar-refractivity contribution in [3.05, 3.63) is 77.3 Å². The summed E-state index contributed by atoms with van der Waals surface area (Å²) in [4.78, 5) is 27.6. The van der Waals surface area contributed by atoms with Crippen molar-refractivity contribution in [1.82, 2.24) is 10.2 Å². The normalized spacial score (nSPS) is 12.2. The molecular formula is C25H28ClN3O4S. The predicted octanol–water partition coefficient (Wildman–Crippen LogP) is 3.81. The van der Waals surface area contributed by atoms with Gasteiger partial charge in [-0.25, -0.2) is 8.42 Å². The molecule has 1 atom stereocenters. The van der Waals surface area contributed by atoms with E-state index < -0.39 is 28.5 Å². The van der Waals surface area contributed by atoms with Gasteiger partial charge in [0, 0.05) is 23.5 Å². The maximum Gasteiger partial charge on any atom is 0.244 e. The number of rotatable bonds is 9. The Kier molecular flexibility index (Phi) is 8.17. The summed E-state index contributed by atoms with van der Waals surface area (Å²) in [5.41, 5.74) is 1.06. The Hall–Kier alpha value is -3.10. The molecule has 180 valence electrons. The Labute approximate surface area is 205 Å². The number of benzene rings is 3. The fraction of sp³-hybridized carbons (Fsp3) is 0.280. The molecule has 0 aromatic heterocycles. The first-order valence-corrected chi connectivity index (χ1v) is 13.1. The van der Waals surface area contributed by atoms with E-state index in [1.54, 1.807) is 50.2 Å². The van der Waals surface area contributed by atoms with Crippen LogP contribution >= 0.6 is 11.6 Å². The quantitative estimate of drug-likeness (QED) is 0.483. The number of likely N-dealkylation sites (N-methyl/N-ethyl adjacent to an activating group) is 1. The van der Waals surface area contributed by atoms with Crippen molar-refractivity contribution < 1.29 is 18.0 Å². The summed E-state index contributed by atoms with van der Waals surface area (Å²) in [7, 11) is -3.82. The van der Waals surface area contributed by atoms with Crippen molar-refractivity contribution in [3.8, 4) is 0 Å². The van der Waals surface area contributed by atoms with Gasteiger partial charge in [-0.2, -0.15) is 0 Å². The average molecular weight is 502 g/mol. The third kappa shape index (κ3) is 5.87. The maximum atomic E-state index is 13.6. The highest BCUT2D eigenvalue weighted by Gasteiger charge is 2.30. The lowest BCUT2D eigenvalue weighted by molar-refractivity contribution is -0.139. The van der Waals surface area contributed by atoms with E-state index in [4.69, 9.17) is 11.6 Å². The highest BCUT2D eigenvalue weighted by Crippen LogP contribution is 2.29. The fourth-order valence-corrected chi connectivity index (χ4v) is 4.79. The molecule has 1 N–H and O–H groups in total. The lowest BCUT2D eigenvalue weighted by atomic mass is 10.1. The third-order valence-electron chi connectivity index (χ3n) is 5.53. The molecule has 2 amide bonds. The van der Waals surface area contributed by atoms with Crippen LogP contribution in [0.2, 0.25) is 5.02 Å². The van der Waals surface area contributed by atoms with Gasteiger partial charge in [-0.05, 0) is 36.9 Å². The number of nitrogens with one attached hydrogen (secondary N) is 1. The number of hydrogen-bond donors (Lipinski definition) is 1. The highest BCUT2D eigenvalue weighted by atomic mass is 35.5. The van der Waals surface area contributed by atoms with Crippen molar-refractivity contribution in [3.63, 3.8) is 0 Å². The number of carbonyl (C=O) groups excluding carboxylic acids is 2. The summed E-state index contributed by atoms with van der Waals surface area (Å²) in [6, 6.07) is 18.9. The van der Waals surface area contributed by atoms with Crippen LogP contribution in [0.4, 0.5) is 5.69 Å². The van der Waals surface area contributed by atoms with Gasteiger partial charge in [0.25, 0.3) is 0 Å². The Balaban J connectivity index is 2.01. The number of hydrogen-bond acceptors (Lipinski definition) is 4. The summed E-state index contributed by atoms with van der Waals surface area (Å²) in [5.74, 6) is -0.851. The number of fused-ring (bicyclic) bond motifs is 1. The Morgan fingerprint density at radius 1 is 1.00 bits per heavy atom. The summed E-state index contributed by atoms with van der Waals surface area (Å²) in [5, 5.41) is 4.74. The topological polar surface area (TPSA) is 86.8 Å². The van der Waals surface area contributed by atoms with Gasteiger partial charge >= 0.3 is 0 Å². The van der Waals surface area contributed by atoms with Gasteiger partial charge < -0.3 is 10.2 Å². The van der Waals surface area contributed by atoms with Gasteiger partial charge in [0.15, 0.2) is 0 Å². The number of sulfonamides is 1. The first-order chi connectivity index (χ1) is 16.1. The second-order valence-electron chi connectivity index (χ2n) is 7.95. The molecule has 3 aromatic rings. The minimum atomic E-state index is -3.82. The van der Waals surface area contributed by atoms with Crippen LogP contribution in [0.3, 0.4) is 0 Å². The van der Waals surface area contributed by atoms with Gasteiger partial charge in [0.05, 0.1) is 11.9 Å². The van der Waals surface area contributed by atoms with Crippen LogP contribution in [0.1, 0.15) is 19.4 Å². The highest BCUT2D eigenvalue weighted by molar-refractivity contribution is 7.92. The zero-order chi connectivity index (χ0) is 24.9. The van der Waals surface area contributed by atoms with Gasteiger partial charge in [-0.3, -0.25) is 13.9 Å². The Morgan fingerprint density at radius 3 is 2.32 bits per heavy atom. The number of anilines is 1. The zero-order valence-electron chi connectivity index (χ0n) is 19.4. The molecule has 9 heteroatoms. The fourth-order valence-electron chi connectivity index (χ4n) is 3.74. The van der Waals surface area contributed by atoms with Crippen LogP contribution in [-0.2, 0) is 26.2 Å². The van der Waals surface area contributed by atoms with Crippen LogP contribution in [0.15, 0.2) is 66.7 Å². The van der Waals surface area contributed by atoms with E-state index in [0.717, 1.165) is 15.9 Å².